The van der Waals surface area contributed by atoms with Gasteiger partial charge in [0, 0.05) is 11.7 Å². The lowest BCUT2D eigenvalue weighted by atomic mass is 9.80. The average molecular weight is 263 g/mol. The molecule has 5 nitrogen and oxygen atoms in total. The number of pyridine rings is 1. The quantitative estimate of drug-likeness (QED) is 0.727. The predicted octanol–water partition coefficient (Wildman–Crippen LogP) is 1.39. The van der Waals surface area contributed by atoms with Gasteiger partial charge in [-0.2, -0.15) is 8.75 Å². The van der Waals surface area contributed by atoms with Crippen LogP contribution < -0.4 is 5.46 Å². The standard InChI is InChI=1S/C11H14BN3O2S/c1-10(2)11(3,4)17-12(16-10)7-5-8-9(13-6-7)15-18-14-8/h5-6H,1-4H3. The highest BCUT2D eigenvalue weighted by Crippen LogP contribution is 2.36. The summed E-state index contributed by atoms with van der Waals surface area (Å²) in [6.07, 6.45) is 1.74. The third-order valence-electron chi connectivity index (χ3n) is 3.66. The Bertz CT molecular complexity index is 583. The summed E-state index contributed by atoms with van der Waals surface area (Å²) in [5.74, 6) is 0. The lowest BCUT2D eigenvalue weighted by Gasteiger charge is -2.32. The van der Waals surface area contributed by atoms with E-state index in [2.05, 4.69) is 13.7 Å². The zero-order valence-electron chi connectivity index (χ0n) is 10.8. The number of hydrogen-bond acceptors (Lipinski definition) is 6. The molecule has 0 radical (unpaired) electrons. The summed E-state index contributed by atoms with van der Waals surface area (Å²) in [7, 11) is -0.395. The second-order valence-corrected chi connectivity index (χ2v) is 5.99. The van der Waals surface area contributed by atoms with E-state index in [-0.39, 0.29) is 11.2 Å². The van der Waals surface area contributed by atoms with E-state index in [0.29, 0.717) is 5.65 Å². The molecule has 1 aliphatic heterocycles. The van der Waals surface area contributed by atoms with Crippen LogP contribution in [0.2, 0.25) is 0 Å². The highest BCUT2D eigenvalue weighted by molar-refractivity contribution is 7.00. The van der Waals surface area contributed by atoms with E-state index in [1.807, 2.05) is 33.8 Å². The molecule has 3 rings (SSSR count). The van der Waals surface area contributed by atoms with Crippen molar-refractivity contribution in [3.63, 3.8) is 0 Å². The first kappa shape index (κ1) is 12.0. The zero-order valence-corrected chi connectivity index (χ0v) is 11.6. The monoisotopic (exact) mass is 263 g/mol. The topological polar surface area (TPSA) is 57.1 Å². The van der Waals surface area contributed by atoms with Gasteiger partial charge in [-0.15, -0.1) is 0 Å². The van der Waals surface area contributed by atoms with Crippen molar-refractivity contribution in [1.29, 1.82) is 0 Å². The Kier molecular flexibility index (Phi) is 2.49. The molecule has 94 valence electrons. The SMILES string of the molecule is CC1(C)OB(c2cnc3nsnc3c2)OC1(C)C. The van der Waals surface area contributed by atoms with Crippen LogP contribution in [-0.4, -0.2) is 32.1 Å². The van der Waals surface area contributed by atoms with E-state index in [1.165, 1.54) is 0 Å². The first-order valence-electron chi connectivity index (χ1n) is 5.83. The van der Waals surface area contributed by atoms with Crippen LogP contribution in [-0.2, 0) is 9.31 Å². The molecule has 0 saturated carbocycles. The molecule has 0 amide bonds. The molecular weight excluding hydrogens is 249 g/mol. The molecule has 1 fully saturated rings. The second kappa shape index (κ2) is 3.72. The number of hydrogen-bond donors (Lipinski definition) is 0. The summed E-state index contributed by atoms with van der Waals surface area (Å²) in [6, 6.07) is 1.92. The Hall–Kier alpha value is -1.05. The molecule has 0 N–H and O–H groups in total. The van der Waals surface area contributed by atoms with Gasteiger partial charge in [-0.1, -0.05) is 0 Å². The molecular formula is C11H14BN3O2S. The molecule has 0 bridgehead atoms. The lowest BCUT2D eigenvalue weighted by molar-refractivity contribution is 0.00578. The largest absolute Gasteiger partial charge is 0.496 e. The van der Waals surface area contributed by atoms with Gasteiger partial charge in [0.2, 0.25) is 0 Å². The van der Waals surface area contributed by atoms with E-state index < -0.39 is 7.12 Å². The number of rotatable bonds is 1. The fourth-order valence-corrected chi connectivity index (χ4v) is 2.29. The molecule has 2 aromatic rings. The molecule has 3 heterocycles. The van der Waals surface area contributed by atoms with Gasteiger partial charge in [-0.05, 0) is 33.8 Å². The maximum absolute atomic E-state index is 5.97. The van der Waals surface area contributed by atoms with Crippen LogP contribution >= 0.6 is 11.7 Å². The maximum Gasteiger partial charge on any atom is 0.496 e. The summed E-state index contributed by atoms with van der Waals surface area (Å²) in [4.78, 5) is 4.26. The number of aromatic nitrogens is 3. The van der Waals surface area contributed by atoms with Crippen LogP contribution in [0.1, 0.15) is 27.7 Å². The molecule has 1 aliphatic rings. The Morgan fingerprint density at radius 1 is 1.11 bits per heavy atom. The molecule has 0 aromatic carbocycles. The van der Waals surface area contributed by atoms with Crippen molar-refractivity contribution in [3.05, 3.63) is 12.3 Å². The second-order valence-electron chi connectivity index (χ2n) is 5.46. The molecule has 2 aromatic heterocycles. The first-order valence-corrected chi connectivity index (χ1v) is 6.56. The van der Waals surface area contributed by atoms with Crippen molar-refractivity contribution in [2.75, 3.05) is 0 Å². The predicted molar refractivity (Wildman–Crippen MR) is 70.9 cm³/mol. The summed E-state index contributed by atoms with van der Waals surface area (Å²) in [5, 5.41) is 0. The van der Waals surface area contributed by atoms with Crippen LogP contribution in [0.4, 0.5) is 0 Å². The summed E-state index contributed by atoms with van der Waals surface area (Å²) in [5.41, 5.74) is 1.65. The summed E-state index contributed by atoms with van der Waals surface area (Å²) < 4.78 is 20.2. The molecule has 0 atom stereocenters. The van der Waals surface area contributed by atoms with E-state index in [9.17, 15) is 0 Å². The highest BCUT2D eigenvalue weighted by atomic mass is 32.1. The Morgan fingerprint density at radius 2 is 1.78 bits per heavy atom. The number of fused-ring (bicyclic) bond motifs is 1. The van der Waals surface area contributed by atoms with Crippen molar-refractivity contribution < 1.29 is 9.31 Å². The first-order chi connectivity index (χ1) is 8.39. The van der Waals surface area contributed by atoms with Crippen LogP contribution in [0, 0.1) is 0 Å². The number of nitrogens with zero attached hydrogens (tertiary/aromatic N) is 3. The van der Waals surface area contributed by atoms with Gasteiger partial charge in [-0.3, -0.25) is 0 Å². The molecule has 1 saturated heterocycles. The molecule has 0 aliphatic carbocycles. The van der Waals surface area contributed by atoms with Crippen molar-refractivity contribution in [1.82, 2.24) is 13.7 Å². The van der Waals surface area contributed by atoms with Crippen molar-refractivity contribution in [2.45, 2.75) is 38.9 Å². The van der Waals surface area contributed by atoms with Crippen LogP contribution in [0.15, 0.2) is 12.3 Å². The van der Waals surface area contributed by atoms with Gasteiger partial charge < -0.3 is 9.31 Å². The Balaban J connectivity index is 1.96. The Morgan fingerprint density at radius 3 is 2.44 bits per heavy atom. The minimum atomic E-state index is -0.395. The maximum atomic E-state index is 5.97. The van der Waals surface area contributed by atoms with E-state index in [1.54, 1.807) is 6.20 Å². The van der Waals surface area contributed by atoms with Crippen LogP contribution in [0.25, 0.3) is 11.2 Å². The minimum absolute atomic E-state index is 0.340. The molecule has 0 spiro atoms. The zero-order chi connectivity index (χ0) is 13.0. The van der Waals surface area contributed by atoms with Crippen molar-refractivity contribution >= 4 is 35.5 Å². The van der Waals surface area contributed by atoms with Gasteiger partial charge in [-0.25, -0.2) is 4.98 Å². The smallest absolute Gasteiger partial charge is 0.399 e. The fraction of sp³-hybridized carbons (Fsp3) is 0.545. The summed E-state index contributed by atoms with van der Waals surface area (Å²) in [6.45, 7) is 8.12. The van der Waals surface area contributed by atoms with E-state index in [0.717, 1.165) is 22.7 Å². The Labute approximate surface area is 110 Å². The summed E-state index contributed by atoms with van der Waals surface area (Å²) >= 11 is 1.16. The fourth-order valence-electron chi connectivity index (χ4n) is 1.81. The molecule has 0 unspecified atom stereocenters. The van der Waals surface area contributed by atoms with E-state index >= 15 is 0 Å². The van der Waals surface area contributed by atoms with Crippen molar-refractivity contribution in [3.8, 4) is 0 Å². The third-order valence-corrected chi connectivity index (χ3v) is 4.19. The van der Waals surface area contributed by atoms with Crippen molar-refractivity contribution in [2.24, 2.45) is 0 Å². The van der Waals surface area contributed by atoms with Gasteiger partial charge in [0.25, 0.3) is 0 Å². The normalized spacial score (nSPS) is 21.7. The van der Waals surface area contributed by atoms with E-state index in [4.69, 9.17) is 9.31 Å². The molecule has 7 heteroatoms. The average Bonchev–Trinajstić information content (AvgIpc) is 2.80. The molecule has 18 heavy (non-hydrogen) atoms. The van der Waals surface area contributed by atoms with Crippen LogP contribution in [0.5, 0.6) is 0 Å². The van der Waals surface area contributed by atoms with Crippen LogP contribution in [0.3, 0.4) is 0 Å². The van der Waals surface area contributed by atoms with Gasteiger partial charge in [0.1, 0.15) is 5.52 Å². The third kappa shape index (κ3) is 1.74. The van der Waals surface area contributed by atoms with Gasteiger partial charge in [0.05, 0.1) is 22.9 Å². The highest BCUT2D eigenvalue weighted by Gasteiger charge is 2.51. The van der Waals surface area contributed by atoms with Gasteiger partial charge >= 0.3 is 7.12 Å². The van der Waals surface area contributed by atoms with Gasteiger partial charge in [0.15, 0.2) is 5.65 Å². The minimum Gasteiger partial charge on any atom is -0.399 e. The lowest BCUT2D eigenvalue weighted by Crippen LogP contribution is -2.41.